The summed E-state index contributed by atoms with van der Waals surface area (Å²) in [4.78, 5) is 16.5. The van der Waals surface area contributed by atoms with Gasteiger partial charge in [0.1, 0.15) is 0 Å². The van der Waals surface area contributed by atoms with Gasteiger partial charge in [0, 0.05) is 25.0 Å². The molecule has 0 fully saturated rings. The van der Waals surface area contributed by atoms with Gasteiger partial charge in [0.15, 0.2) is 0 Å². The summed E-state index contributed by atoms with van der Waals surface area (Å²) < 4.78 is 0. The Morgan fingerprint density at radius 3 is 2.54 bits per heavy atom. The molecule has 0 unspecified atom stereocenters. The highest BCUT2D eigenvalue weighted by Gasteiger charge is 2.13. The number of amides is 1. The van der Waals surface area contributed by atoms with E-state index in [1.54, 1.807) is 4.90 Å². The predicted molar refractivity (Wildman–Crippen MR) is 52.9 cm³/mol. The molecule has 1 heterocycles. The van der Waals surface area contributed by atoms with Gasteiger partial charge in [-0.15, -0.1) is 0 Å². The van der Waals surface area contributed by atoms with Gasteiger partial charge in [-0.25, -0.2) is 0 Å². The zero-order valence-corrected chi connectivity index (χ0v) is 8.64. The number of aromatic amines is 1. The van der Waals surface area contributed by atoms with E-state index in [2.05, 4.69) is 4.98 Å². The van der Waals surface area contributed by atoms with E-state index in [-0.39, 0.29) is 5.91 Å². The first kappa shape index (κ1) is 9.84. The lowest BCUT2D eigenvalue weighted by Gasteiger charge is -2.13. The number of hydrogen-bond donors (Lipinski definition) is 1. The number of carbonyl (C=O) groups excluding carboxylic acids is 1. The van der Waals surface area contributed by atoms with Crippen LogP contribution in [0.15, 0.2) is 6.07 Å². The van der Waals surface area contributed by atoms with Crippen LogP contribution in [0.5, 0.6) is 0 Å². The highest BCUT2D eigenvalue weighted by Crippen LogP contribution is 2.11. The third-order valence-corrected chi connectivity index (χ3v) is 2.20. The van der Waals surface area contributed by atoms with Crippen molar-refractivity contribution in [3.8, 4) is 0 Å². The summed E-state index contributed by atoms with van der Waals surface area (Å²) in [6.45, 7) is 6.58. The second-order valence-electron chi connectivity index (χ2n) is 3.31. The van der Waals surface area contributed by atoms with E-state index >= 15 is 0 Å². The van der Waals surface area contributed by atoms with Gasteiger partial charge in [-0.05, 0) is 26.8 Å². The highest BCUT2D eigenvalue weighted by molar-refractivity contribution is 5.95. The topological polar surface area (TPSA) is 36.1 Å². The van der Waals surface area contributed by atoms with Crippen LogP contribution in [0, 0.1) is 13.8 Å². The van der Waals surface area contributed by atoms with E-state index in [1.807, 2.05) is 33.9 Å². The van der Waals surface area contributed by atoms with Crippen LogP contribution in [-0.4, -0.2) is 29.4 Å². The third kappa shape index (κ3) is 1.91. The highest BCUT2D eigenvalue weighted by atomic mass is 16.2. The first-order valence-corrected chi connectivity index (χ1v) is 4.48. The monoisotopic (exact) mass is 180 g/mol. The summed E-state index contributed by atoms with van der Waals surface area (Å²) in [6, 6.07) is 1.89. The van der Waals surface area contributed by atoms with Crippen molar-refractivity contribution >= 4 is 5.91 Å². The Hall–Kier alpha value is -1.25. The summed E-state index contributed by atoms with van der Waals surface area (Å²) in [6.07, 6.45) is 0. The van der Waals surface area contributed by atoms with E-state index in [4.69, 9.17) is 0 Å². The van der Waals surface area contributed by atoms with Crippen LogP contribution < -0.4 is 0 Å². The Kier molecular flexibility index (Phi) is 2.76. The average molecular weight is 180 g/mol. The van der Waals surface area contributed by atoms with Gasteiger partial charge < -0.3 is 9.88 Å². The normalized spacial score (nSPS) is 10.2. The SMILES string of the molecule is CCN(C)C(=O)c1cc(C)[nH]c1C. The minimum Gasteiger partial charge on any atom is -0.362 e. The lowest BCUT2D eigenvalue weighted by Crippen LogP contribution is -2.26. The number of nitrogens with one attached hydrogen (secondary N) is 1. The van der Waals surface area contributed by atoms with Crippen molar-refractivity contribution in [2.45, 2.75) is 20.8 Å². The van der Waals surface area contributed by atoms with Crippen molar-refractivity contribution in [1.82, 2.24) is 9.88 Å². The van der Waals surface area contributed by atoms with Crippen molar-refractivity contribution in [3.05, 3.63) is 23.0 Å². The number of nitrogens with zero attached hydrogens (tertiary/aromatic N) is 1. The summed E-state index contributed by atoms with van der Waals surface area (Å²) in [5.74, 6) is 0.0874. The second kappa shape index (κ2) is 3.64. The van der Waals surface area contributed by atoms with Crippen molar-refractivity contribution in [2.24, 2.45) is 0 Å². The molecule has 0 saturated heterocycles. The zero-order valence-electron chi connectivity index (χ0n) is 8.64. The Balaban J connectivity index is 2.94. The molecule has 0 radical (unpaired) electrons. The van der Waals surface area contributed by atoms with Crippen molar-refractivity contribution in [2.75, 3.05) is 13.6 Å². The molecule has 0 aliphatic carbocycles. The number of aromatic nitrogens is 1. The molecule has 0 bridgehead atoms. The van der Waals surface area contributed by atoms with E-state index < -0.39 is 0 Å². The Bertz CT molecular complexity index is 315. The molecular weight excluding hydrogens is 164 g/mol. The first-order chi connectivity index (χ1) is 6.06. The van der Waals surface area contributed by atoms with Gasteiger partial charge in [-0.3, -0.25) is 4.79 Å². The quantitative estimate of drug-likeness (QED) is 0.739. The van der Waals surface area contributed by atoms with Crippen molar-refractivity contribution < 1.29 is 4.79 Å². The molecule has 72 valence electrons. The van der Waals surface area contributed by atoms with Gasteiger partial charge in [-0.2, -0.15) is 0 Å². The number of rotatable bonds is 2. The van der Waals surface area contributed by atoms with Crippen LogP contribution in [0.2, 0.25) is 0 Å². The fourth-order valence-electron chi connectivity index (χ4n) is 1.30. The van der Waals surface area contributed by atoms with E-state index in [9.17, 15) is 4.79 Å². The lowest BCUT2D eigenvalue weighted by molar-refractivity contribution is 0.0802. The van der Waals surface area contributed by atoms with Crippen LogP contribution in [-0.2, 0) is 0 Å². The zero-order chi connectivity index (χ0) is 10.0. The summed E-state index contributed by atoms with van der Waals surface area (Å²) >= 11 is 0. The molecule has 0 spiro atoms. The molecule has 0 aromatic carbocycles. The maximum absolute atomic E-state index is 11.7. The molecule has 13 heavy (non-hydrogen) atoms. The lowest BCUT2D eigenvalue weighted by atomic mass is 10.2. The molecule has 0 aliphatic rings. The minimum atomic E-state index is 0.0874. The Labute approximate surface area is 78.8 Å². The van der Waals surface area contributed by atoms with Crippen LogP contribution >= 0.6 is 0 Å². The molecule has 3 nitrogen and oxygen atoms in total. The standard InChI is InChI=1S/C10H16N2O/c1-5-12(4)10(13)9-6-7(2)11-8(9)3/h6,11H,5H2,1-4H3. The Morgan fingerprint density at radius 2 is 2.15 bits per heavy atom. The van der Waals surface area contributed by atoms with Crippen LogP contribution in [0.3, 0.4) is 0 Å². The molecule has 3 heteroatoms. The summed E-state index contributed by atoms with van der Waals surface area (Å²) in [7, 11) is 1.81. The maximum Gasteiger partial charge on any atom is 0.255 e. The van der Waals surface area contributed by atoms with E-state index in [0.29, 0.717) is 0 Å². The molecule has 1 aromatic heterocycles. The summed E-state index contributed by atoms with van der Waals surface area (Å²) in [5, 5.41) is 0. The fraction of sp³-hybridized carbons (Fsp3) is 0.500. The van der Waals surface area contributed by atoms with Gasteiger partial charge in [0.2, 0.25) is 0 Å². The van der Waals surface area contributed by atoms with Gasteiger partial charge >= 0.3 is 0 Å². The fourth-order valence-corrected chi connectivity index (χ4v) is 1.30. The first-order valence-electron chi connectivity index (χ1n) is 4.48. The molecule has 1 aromatic rings. The molecular formula is C10H16N2O. The van der Waals surface area contributed by atoms with E-state index in [1.165, 1.54) is 0 Å². The van der Waals surface area contributed by atoms with E-state index in [0.717, 1.165) is 23.5 Å². The van der Waals surface area contributed by atoms with Gasteiger partial charge in [0.25, 0.3) is 5.91 Å². The number of H-pyrrole nitrogens is 1. The van der Waals surface area contributed by atoms with Crippen molar-refractivity contribution in [1.29, 1.82) is 0 Å². The maximum atomic E-state index is 11.7. The average Bonchev–Trinajstić information content (AvgIpc) is 2.42. The van der Waals surface area contributed by atoms with Crippen LogP contribution in [0.1, 0.15) is 28.7 Å². The number of aryl methyl sites for hydroxylation is 2. The molecule has 1 rings (SSSR count). The van der Waals surface area contributed by atoms with Gasteiger partial charge in [0.05, 0.1) is 5.56 Å². The van der Waals surface area contributed by atoms with Crippen LogP contribution in [0.25, 0.3) is 0 Å². The largest absolute Gasteiger partial charge is 0.362 e. The second-order valence-corrected chi connectivity index (χ2v) is 3.31. The molecule has 1 N–H and O–H groups in total. The van der Waals surface area contributed by atoms with Crippen molar-refractivity contribution in [3.63, 3.8) is 0 Å². The molecule has 0 atom stereocenters. The predicted octanol–water partition coefficient (Wildman–Crippen LogP) is 1.72. The Morgan fingerprint density at radius 1 is 1.54 bits per heavy atom. The molecule has 1 amide bonds. The smallest absolute Gasteiger partial charge is 0.255 e. The number of carbonyl (C=O) groups is 1. The third-order valence-electron chi connectivity index (χ3n) is 2.20. The van der Waals surface area contributed by atoms with Crippen LogP contribution in [0.4, 0.5) is 0 Å². The summed E-state index contributed by atoms with van der Waals surface area (Å²) in [5.41, 5.74) is 2.76. The molecule has 0 aliphatic heterocycles. The number of hydrogen-bond acceptors (Lipinski definition) is 1. The minimum absolute atomic E-state index is 0.0874. The van der Waals surface area contributed by atoms with Gasteiger partial charge in [-0.1, -0.05) is 0 Å². The molecule has 0 saturated carbocycles.